The maximum absolute atomic E-state index is 5.34. The smallest absolute Gasteiger partial charge is 0.181 e. The second kappa shape index (κ2) is 3.28. The van der Waals surface area contributed by atoms with Gasteiger partial charge in [0.1, 0.15) is 0 Å². The Kier molecular flexibility index (Phi) is 1.97. The number of benzene rings is 1. The van der Waals surface area contributed by atoms with Gasteiger partial charge in [-0.25, -0.2) is 4.98 Å². The largest absolute Gasteiger partial charge is 0.443 e. The van der Waals surface area contributed by atoms with Crippen LogP contribution in [-0.4, -0.2) is 4.98 Å². The Morgan fingerprint density at radius 3 is 2.85 bits per heavy atom. The Balaban J connectivity index is 2.51. The third-order valence-corrected chi connectivity index (χ3v) is 1.78. The van der Waals surface area contributed by atoms with Gasteiger partial charge in [0.15, 0.2) is 12.2 Å². The van der Waals surface area contributed by atoms with Gasteiger partial charge < -0.3 is 9.84 Å². The highest BCUT2D eigenvalue weighted by atomic mass is 16.3. The summed E-state index contributed by atoms with van der Waals surface area (Å²) < 4.78 is 5.16. The van der Waals surface area contributed by atoms with Crippen molar-refractivity contribution in [3.63, 3.8) is 0 Å². The first-order valence-electron chi connectivity index (χ1n) is 3.86. The minimum Gasteiger partial charge on any atom is -0.443 e. The number of nitrogen functional groups attached to an aromatic ring is 1. The van der Waals surface area contributed by atoms with Crippen LogP contribution in [0.2, 0.25) is 0 Å². The van der Waals surface area contributed by atoms with E-state index in [4.69, 9.17) is 10.3 Å². The molecule has 0 aliphatic rings. The van der Waals surface area contributed by atoms with Crippen LogP contribution < -0.4 is 11.3 Å². The maximum Gasteiger partial charge on any atom is 0.181 e. The molecule has 1 aromatic carbocycles. The van der Waals surface area contributed by atoms with E-state index < -0.39 is 0 Å². The molecule has 66 valence electrons. The summed E-state index contributed by atoms with van der Waals surface area (Å²) in [5.41, 5.74) is 4.32. The van der Waals surface area contributed by atoms with E-state index in [2.05, 4.69) is 10.4 Å². The molecule has 4 nitrogen and oxygen atoms in total. The van der Waals surface area contributed by atoms with Crippen LogP contribution in [0, 0.1) is 0 Å². The fraction of sp³-hybridized carbons (Fsp3) is 0. The van der Waals surface area contributed by atoms with Crippen LogP contribution in [0.1, 0.15) is 0 Å². The number of nitrogens with zero attached hydrogens (tertiary/aromatic N) is 1. The van der Waals surface area contributed by atoms with E-state index in [-0.39, 0.29) is 0 Å². The summed E-state index contributed by atoms with van der Waals surface area (Å²) in [7, 11) is 0. The Hall–Kier alpha value is -1.81. The molecule has 1 aromatic heterocycles. The molecule has 0 spiro atoms. The van der Waals surface area contributed by atoms with Gasteiger partial charge in [0.25, 0.3) is 0 Å². The number of nitrogens with one attached hydrogen (secondary N) is 1. The van der Waals surface area contributed by atoms with Crippen LogP contribution in [0.25, 0.3) is 11.3 Å². The van der Waals surface area contributed by atoms with Gasteiger partial charge >= 0.3 is 0 Å². The lowest BCUT2D eigenvalue weighted by molar-refractivity contribution is 0.572. The topological polar surface area (TPSA) is 64.1 Å². The first-order chi connectivity index (χ1) is 6.42. The van der Waals surface area contributed by atoms with Crippen molar-refractivity contribution in [3.8, 4) is 11.3 Å². The summed E-state index contributed by atoms with van der Waals surface area (Å²) in [5, 5.41) is 0. The van der Waals surface area contributed by atoms with Crippen molar-refractivity contribution in [3.05, 3.63) is 36.9 Å². The Morgan fingerprint density at radius 1 is 1.31 bits per heavy atom. The molecule has 0 saturated carbocycles. The normalized spacial score (nSPS) is 9.92. The van der Waals surface area contributed by atoms with Crippen LogP contribution in [0.5, 0.6) is 0 Å². The minimum absolute atomic E-state index is 0.702. The monoisotopic (exact) mass is 175 g/mol. The highest BCUT2D eigenvalue weighted by Gasteiger charge is 2.05. The Morgan fingerprint density at radius 2 is 2.15 bits per heavy atom. The van der Waals surface area contributed by atoms with E-state index in [0.29, 0.717) is 5.76 Å². The molecule has 0 amide bonds. The molecule has 2 rings (SSSR count). The number of rotatable bonds is 2. The van der Waals surface area contributed by atoms with Crippen LogP contribution in [0.15, 0.2) is 41.3 Å². The average molecular weight is 175 g/mol. The van der Waals surface area contributed by atoms with Gasteiger partial charge in [-0.05, 0) is 12.1 Å². The number of aromatic nitrogens is 1. The van der Waals surface area contributed by atoms with Gasteiger partial charge in [-0.2, -0.15) is 0 Å². The number of oxazole rings is 1. The Labute approximate surface area is 75.4 Å². The van der Waals surface area contributed by atoms with E-state index >= 15 is 0 Å². The predicted octanol–water partition coefficient (Wildman–Crippen LogP) is 1.63. The zero-order chi connectivity index (χ0) is 9.10. The first-order valence-corrected chi connectivity index (χ1v) is 3.86. The van der Waals surface area contributed by atoms with Crippen LogP contribution in [0.4, 0.5) is 5.69 Å². The second-order valence-electron chi connectivity index (χ2n) is 2.56. The molecule has 4 heteroatoms. The van der Waals surface area contributed by atoms with E-state index in [1.807, 2.05) is 24.3 Å². The average Bonchev–Trinajstić information content (AvgIpc) is 2.70. The second-order valence-corrected chi connectivity index (χ2v) is 2.56. The van der Waals surface area contributed by atoms with Crippen LogP contribution in [0.3, 0.4) is 0 Å². The van der Waals surface area contributed by atoms with Crippen molar-refractivity contribution in [2.75, 3.05) is 5.43 Å². The lowest BCUT2D eigenvalue weighted by atomic mass is 10.1. The minimum atomic E-state index is 0.702. The van der Waals surface area contributed by atoms with Crippen molar-refractivity contribution in [1.82, 2.24) is 4.98 Å². The molecule has 1 heterocycles. The molecular formula is C9H9N3O. The quantitative estimate of drug-likeness (QED) is 0.537. The molecule has 0 atom stereocenters. The van der Waals surface area contributed by atoms with Crippen molar-refractivity contribution >= 4 is 5.69 Å². The molecule has 2 aromatic rings. The van der Waals surface area contributed by atoms with Crippen molar-refractivity contribution < 1.29 is 4.42 Å². The summed E-state index contributed by atoms with van der Waals surface area (Å²) in [6.07, 6.45) is 3.04. The van der Waals surface area contributed by atoms with Crippen LogP contribution >= 0.6 is 0 Å². The molecule has 0 radical (unpaired) electrons. The van der Waals surface area contributed by atoms with Crippen molar-refractivity contribution in [2.24, 2.45) is 5.84 Å². The standard InChI is InChI=1S/C9H9N3O/c10-12-8-4-2-1-3-7(8)9-5-11-6-13-9/h1-6,12H,10H2. The van der Waals surface area contributed by atoms with E-state index in [1.165, 1.54) is 6.39 Å². The van der Waals surface area contributed by atoms with Crippen molar-refractivity contribution in [2.45, 2.75) is 0 Å². The molecule has 0 aliphatic heterocycles. The molecule has 0 unspecified atom stereocenters. The van der Waals surface area contributed by atoms with Gasteiger partial charge in [0.05, 0.1) is 11.9 Å². The third-order valence-electron chi connectivity index (χ3n) is 1.78. The molecule has 3 N–H and O–H groups in total. The van der Waals surface area contributed by atoms with Gasteiger partial charge in [-0.15, -0.1) is 0 Å². The fourth-order valence-electron chi connectivity index (χ4n) is 1.17. The summed E-state index contributed by atoms with van der Waals surface area (Å²) in [6.45, 7) is 0. The number of hydrogen-bond acceptors (Lipinski definition) is 4. The molecular weight excluding hydrogens is 166 g/mol. The SMILES string of the molecule is NNc1ccccc1-c1cnco1. The van der Waals surface area contributed by atoms with Crippen LogP contribution in [-0.2, 0) is 0 Å². The molecule has 0 fully saturated rings. The van der Waals surface area contributed by atoms with E-state index in [1.54, 1.807) is 6.20 Å². The van der Waals surface area contributed by atoms with E-state index in [9.17, 15) is 0 Å². The zero-order valence-electron chi connectivity index (χ0n) is 6.90. The first kappa shape index (κ1) is 7.82. The summed E-state index contributed by atoms with van der Waals surface area (Å²) in [5.74, 6) is 6.05. The van der Waals surface area contributed by atoms with Gasteiger partial charge in [0, 0.05) is 5.56 Å². The third kappa shape index (κ3) is 1.39. The van der Waals surface area contributed by atoms with Gasteiger partial charge in [-0.1, -0.05) is 12.1 Å². The molecule has 0 saturated heterocycles. The molecule has 0 bridgehead atoms. The number of hydrogen-bond donors (Lipinski definition) is 2. The predicted molar refractivity (Wildman–Crippen MR) is 49.7 cm³/mol. The number of nitrogens with two attached hydrogens (primary N) is 1. The fourth-order valence-corrected chi connectivity index (χ4v) is 1.17. The number of anilines is 1. The Bertz CT molecular complexity index is 384. The lowest BCUT2D eigenvalue weighted by Crippen LogP contribution is -2.07. The highest BCUT2D eigenvalue weighted by molar-refractivity contribution is 5.73. The van der Waals surface area contributed by atoms with Crippen molar-refractivity contribution in [1.29, 1.82) is 0 Å². The lowest BCUT2D eigenvalue weighted by Gasteiger charge is -2.04. The van der Waals surface area contributed by atoms with Gasteiger partial charge in [0.2, 0.25) is 0 Å². The maximum atomic E-state index is 5.34. The summed E-state index contributed by atoms with van der Waals surface area (Å²) in [4.78, 5) is 3.84. The van der Waals surface area contributed by atoms with E-state index in [0.717, 1.165) is 11.3 Å². The molecule has 13 heavy (non-hydrogen) atoms. The number of hydrazine groups is 1. The summed E-state index contributed by atoms with van der Waals surface area (Å²) >= 11 is 0. The number of para-hydroxylation sites is 1. The highest BCUT2D eigenvalue weighted by Crippen LogP contribution is 2.26. The zero-order valence-corrected chi connectivity index (χ0v) is 6.90. The summed E-state index contributed by atoms with van der Waals surface area (Å²) in [6, 6.07) is 7.60. The molecule has 0 aliphatic carbocycles. The van der Waals surface area contributed by atoms with Gasteiger partial charge in [-0.3, -0.25) is 5.84 Å².